The van der Waals surface area contributed by atoms with Crippen LogP contribution in [-0.4, -0.2) is 17.4 Å². The molecule has 0 aliphatic carbocycles. The van der Waals surface area contributed by atoms with E-state index in [2.05, 4.69) is 0 Å². The Balaban J connectivity index is 4.55. The SMILES string of the molecule is CC(C(N)=O)C(C)(N)C(N)=O. The van der Waals surface area contributed by atoms with E-state index in [4.69, 9.17) is 17.2 Å². The Kier molecular flexibility index (Phi) is 2.59. The molecular weight excluding hydrogens is 146 g/mol. The highest BCUT2D eigenvalue weighted by molar-refractivity contribution is 5.91. The molecule has 11 heavy (non-hydrogen) atoms. The van der Waals surface area contributed by atoms with E-state index in [0.717, 1.165) is 0 Å². The first kappa shape index (κ1) is 9.90. The van der Waals surface area contributed by atoms with Crippen molar-refractivity contribution in [3.8, 4) is 0 Å². The van der Waals surface area contributed by atoms with Gasteiger partial charge in [-0.25, -0.2) is 0 Å². The maximum Gasteiger partial charge on any atom is 0.238 e. The van der Waals surface area contributed by atoms with Crippen molar-refractivity contribution in [3.63, 3.8) is 0 Å². The Hall–Kier alpha value is -1.10. The molecule has 0 aromatic rings. The van der Waals surface area contributed by atoms with E-state index in [-0.39, 0.29) is 0 Å². The Morgan fingerprint density at radius 2 is 1.73 bits per heavy atom. The molecule has 0 aromatic carbocycles. The van der Waals surface area contributed by atoms with Gasteiger partial charge in [-0.15, -0.1) is 0 Å². The van der Waals surface area contributed by atoms with Crippen LogP contribution in [0.5, 0.6) is 0 Å². The van der Waals surface area contributed by atoms with Crippen LogP contribution in [0, 0.1) is 5.92 Å². The number of carbonyl (C=O) groups excluding carboxylic acids is 2. The number of carbonyl (C=O) groups is 2. The highest BCUT2D eigenvalue weighted by atomic mass is 16.2. The topological polar surface area (TPSA) is 112 Å². The van der Waals surface area contributed by atoms with E-state index in [1.165, 1.54) is 13.8 Å². The Labute approximate surface area is 64.9 Å². The van der Waals surface area contributed by atoms with Crippen molar-refractivity contribution in [3.05, 3.63) is 0 Å². The van der Waals surface area contributed by atoms with Gasteiger partial charge >= 0.3 is 0 Å². The minimum atomic E-state index is -1.36. The summed E-state index contributed by atoms with van der Waals surface area (Å²) in [5.41, 5.74) is 13.9. The van der Waals surface area contributed by atoms with Crippen molar-refractivity contribution in [2.45, 2.75) is 19.4 Å². The first-order valence-corrected chi connectivity index (χ1v) is 3.18. The number of amides is 2. The zero-order valence-corrected chi connectivity index (χ0v) is 6.63. The third-order valence-electron chi connectivity index (χ3n) is 1.86. The molecule has 0 aliphatic heterocycles. The summed E-state index contributed by atoms with van der Waals surface area (Å²) in [6, 6.07) is 0. The predicted octanol–water partition coefficient (Wildman–Crippen LogP) is -1.69. The smallest absolute Gasteiger partial charge is 0.238 e. The highest BCUT2D eigenvalue weighted by Crippen LogP contribution is 2.11. The van der Waals surface area contributed by atoms with E-state index in [1.54, 1.807) is 0 Å². The molecule has 2 amide bonds. The summed E-state index contributed by atoms with van der Waals surface area (Å²) in [6.07, 6.45) is 0. The molecule has 6 N–H and O–H groups in total. The summed E-state index contributed by atoms with van der Waals surface area (Å²) >= 11 is 0. The van der Waals surface area contributed by atoms with Crippen LogP contribution in [-0.2, 0) is 9.59 Å². The van der Waals surface area contributed by atoms with Crippen LogP contribution in [0.4, 0.5) is 0 Å². The predicted molar refractivity (Wildman–Crippen MR) is 40.1 cm³/mol. The third-order valence-corrected chi connectivity index (χ3v) is 1.86. The summed E-state index contributed by atoms with van der Waals surface area (Å²) in [5.74, 6) is -2.11. The molecule has 0 aliphatic rings. The second kappa shape index (κ2) is 2.87. The fourth-order valence-corrected chi connectivity index (χ4v) is 0.509. The van der Waals surface area contributed by atoms with E-state index in [0.29, 0.717) is 0 Å². The van der Waals surface area contributed by atoms with Gasteiger partial charge < -0.3 is 17.2 Å². The van der Waals surface area contributed by atoms with Crippen molar-refractivity contribution < 1.29 is 9.59 Å². The molecule has 5 heteroatoms. The molecule has 0 bridgehead atoms. The second-order valence-electron chi connectivity index (χ2n) is 2.77. The summed E-state index contributed by atoms with van der Waals surface area (Å²) in [4.78, 5) is 21.2. The van der Waals surface area contributed by atoms with Crippen LogP contribution >= 0.6 is 0 Å². The molecule has 2 unspecified atom stereocenters. The molecular formula is C6H13N3O2. The standard InChI is InChI=1S/C6H13N3O2/c1-3(4(7)10)6(2,9)5(8)11/h3H,9H2,1-2H3,(H2,7,10)(H2,8,11). The fourth-order valence-electron chi connectivity index (χ4n) is 0.509. The van der Waals surface area contributed by atoms with Crippen LogP contribution in [0.1, 0.15) is 13.8 Å². The first-order chi connectivity index (χ1) is 4.80. The average molecular weight is 159 g/mol. The Morgan fingerprint density at radius 1 is 1.36 bits per heavy atom. The zero-order chi connectivity index (χ0) is 9.23. The van der Waals surface area contributed by atoms with Crippen LogP contribution in [0.2, 0.25) is 0 Å². The van der Waals surface area contributed by atoms with Gasteiger partial charge in [-0.05, 0) is 6.92 Å². The fraction of sp³-hybridized carbons (Fsp3) is 0.667. The lowest BCUT2D eigenvalue weighted by molar-refractivity contribution is -0.131. The summed E-state index contributed by atoms with van der Waals surface area (Å²) in [5, 5.41) is 0. The zero-order valence-electron chi connectivity index (χ0n) is 6.63. The highest BCUT2D eigenvalue weighted by Gasteiger charge is 2.36. The summed E-state index contributed by atoms with van der Waals surface area (Å²) < 4.78 is 0. The summed E-state index contributed by atoms with van der Waals surface area (Å²) in [6.45, 7) is 2.85. The number of hydrogen-bond acceptors (Lipinski definition) is 3. The van der Waals surface area contributed by atoms with Crippen LogP contribution in [0.3, 0.4) is 0 Å². The van der Waals surface area contributed by atoms with E-state index < -0.39 is 23.3 Å². The molecule has 0 saturated carbocycles. The van der Waals surface area contributed by atoms with Crippen molar-refractivity contribution in [2.24, 2.45) is 23.1 Å². The van der Waals surface area contributed by atoms with Crippen molar-refractivity contribution >= 4 is 11.8 Å². The van der Waals surface area contributed by atoms with Gasteiger partial charge in [-0.2, -0.15) is 0 Å². The van der Waals surface area contributed by atoms with Gasteiger partial charge in [-0.3, -0.25) is 9.59 Å². The van der Waals surface area contributed by atoms with Gasteiger partial charge in [0.05, 0.1) is 5.92 Å². The van der Waals surface area contributed by atoms with E-state index >= 15 is 0 Å². The molecule has 2 atom stereocenters. The molecule has 0 fully saturated rings. The molecule has 0 saturated heterocycles. The molecule has 64 valence electrons. The minimum Gasteiger partial charge on any atom is -0.369 e. The van der Waals surface area contributed by atoms with Crippen molar-refractivity contribution in [1.29, 1.82) is 0 Å². The van der Waals surface area contributed by atoms with Gasteiger partial charge in [0.25, 0.3) is 0 Å². The molecule has 0 spiro atoms. The second-order valence-corrected chi connectivity index (χ2v) is 2.77. The van der Waals surface area contributed by atoms with Crippen LogP contribution in [0.25, 0.3) is 0 Å². The molecule has 0 aromatic heterocycles. The Morgan fingerprint density at radius 3 is 1.82 bits per heavy atom. The van der Waals surface area contributed by atoms with Crippen LogP contribution < -0.4 is 17.2 Å². The van der Waals surface area contributed by atoms with Crippen LogP contribution in [0.15, 0.2) is 0 Å². The summed E-state index contributed by atoms with van der Waals surface area (Å²) in [7, 11) is 0. The maximum atomic E-state index is 10.7. The maximum absolute atomic E-state index is 10.7. The van der Waals surface area contributed by atoms with E-state index in [9.17, 15) is 9.59 Å². The number of hydrogen-bond donors (Lipinski definition) is 3. The molecule has 0 rings (SSSR count). The minimum absolute atomic E-state index is 0.631. The molecule has 0 heterocycles. The first-order valence-electron chi connectivity index (χ1n) is 3.18. The largest absolute Gasteiger partial charge is 0.369 e. The lowest BCUT2D eigenvalue weighted by atomic mass is 9.87. The quantitative estimate of drug-likeness (QED) is 0.456. The monoisotopic (exact) mass is 159 g/mol. The van der Waals surface area contributed by atoms with Gasteiger partial charge in [0.2, 0.25) is 11.8 Å². The number of rotatable bonds is 3. The van der Waals surface area contributed by atoms with E-state index in [1.807, 2.05) is 0 Å². The molecule has 0 radical (unpaired) electrons. The number of nitrogens with two attached hydrogens (primary N) is 3. The lowest BCUT2D eigenvalue weighted by Crippen LogP contribution is -2.57. The van der Waals surface area contributed by atoms with Crippen molar-refractivity contribution in [2.75, 3.05) is 0 Å². The normalized spacial score (nSPS) is 18.5. The average Bonchev–Trinajstić information content (AvgIpc) is 1.85. The van der Waals surface area contributed by atoms with Gasteiger partial charge in [0, 0.05) is 0 Å². The van der Waals surface area contributed by atoms with Gasteiger partial charge in [-0.1, -0.05) is 6.92 Å². The third kappa shape index (κ3) is 1.91. The molecule has 5 nitrogen and oxygen atoms in total. The van der Waals surface area contributed by atoms with Crippen molar-refractivity contribution in [1.82, 2.24) is 0 Å². The van der Waals surface area contributed by atoms with Gasteiger partial charge in [0.15, 0.2) is 0 Å². The lowest BCUT2D eigenvalue weighted by Gasteiger charge is -2.25. The number of primary amides is 2. The Bertz CT molecular complexity index is 188. The van der Waals surface area contributed by atoms with Gasteiger partial charge in [0.1, 0.15) is 5.54 Å².